The van der Waals surface area contributed by atoms with Crippen LogP contribution in [-0.2, 0) is 4.74 Å². The molecule has 2 atom stereocenters. The fourth-order valence-corrected chi connectivity index (χ4v) is 2.13. The molecule has 0 radical (unpaired) electrons. The Kier molecular flexibility index (Phi) is 2.72. The average molecular weight is 195 g/mol. The number of nitrogens with two attached hydrogens (primary N) is 1. The van der Waals surface area contributed by atoms with Crippen molar-refractivity contribution in [3.63, 3.8) is 0 Å². The first-order valence-corrected chi connectivity index (χ1v) is 5.12. The van der Waals surface area contributed by atoms with Gasteiger partial charge in [0.2, 0.25) is 0 Å². The summed E-state index contributed by atoms with van der Waals surface area (Å²) in [6.45, 7) is 0. The molecule has 14 heavy (non-hydrogen) atoms. The second-order valence-electron chi connectivity index (χ2n) is 3.93. The van der Waals surface area contributed by atoms with Gasteiger partial charge in [0.1, 0.15) is 0 Å². The minimum absolute atomic E-state index is 0.388. The first-order chi connectivity index (χ1) is 6.79. The van der Waals surface area contributed by atoms with E-state index < -0.39 is 0 Å². The predicted octanol–water partition coefficient (Wildman–Crippen LogP) is 1.60. The van der Waals surface area contributed by atoms with Gasteiger partial charge in [-0.05, 0) is 25.7 Å². The molecule has 0 saturated heterocycles. The fraction of sp³-hybridized carbons (Fsp3) is 0.700. The highest BCUT2D eigenvalue weighted by Gasteiger charge is 2.23. The molecule has 1 saturated carbocycles. The van der Waals surface area contributed by atoms with Gasteiger partial charge in [-0.15, -0.1) is 0 Å². The summed E-state index contributed by atoms with van der Waals surface area (Å²) in [6.07, 6.45) is 8.61. The topological polar surface area (TPSA) is 53.1 Å². The van der Waals surface area contributed by atoms with Crippen LogP contribution in [0.1, 0.15) is 31.7 Å². The SMILES string of the molecule is COC1CCCC(n2cc(N)cn2)C1. The van der Waals surface area contributed by atoms with E-state index in [9.17, 15) is 0 Å². The first-order valence-electron chi connectivity index (χ1n) is 5.12. The second kappa shape index (κ2) is 4.00. The van der Waals surface area contributed by atoms with Crippen molar-refractivity contribution in [2.24, 2.45) is 0 Å². The van der Waals surface area contributed by atoms with Crippen molar-refractivity contribution in [2.45, 2.75) is 37.8 Å². The molecule has 0 bridgehead atoms. The van der Waals surface area contributed by atoms with Crippen molar-refractivity contribution in [1.29, 1.82) is 0 Å². The number of nitrogen functional groups attached to an aromatic ring is 1. The Morgan fingerprint density at radius 1 is 1.57 bits per heavy atom. The molecule has 1 aromatic rings. The van der Waals surface area contributed by atoms with Gasteiger partial charge >= 0.3 is 0 Å². The minimum atomic E-state index is 0.388. The lowest BCUT2D eigenvalue weighted by Crippen LogP contribution is -2.24. The van der Waals surface area contributed by atoms with E-state index in [-0.39, 0.29) is 0 Å². The zero-order valence-electron chi connectivity index (χ0n) is 8.52. The van der Waals surface area contributed by atoms with E-state index in [0.717, 1.165) is 12.1 Å². The van der Waals surface area contributed by atoms with E-state index in [1.54, 1.807) is 13.3 Å². The third-order valence-electron chi connectivity index (χ3n) is 2.93. The van der Waals surface area contributed by atoms with Crippen LogP contribution in [0.4, 0.5) is 5.69 Å². The van der Waals surface area contributed by atoms with E-state index >= 15 is 0 Å². The Morgan fingerprint density at radius 3 is 3.07 bits per heavy atom. The van der Waals surface area contributed by atoms with Crippen LogP contribution in [0.5, 0.6) is 0 Å². The van der Waals surface area contributed by atoms with E-state index in [1.807, 2.05) is 10.9 Å². The van der Waals surface area contributed by atoms with Gasteiger partial charge in [-0.3, -0.25) is 4.68 Å². The van der Waals surface area contributed by atoms with Crippen LogP contribution in [0.25, 0.3) is 0 Å². The standard InChI is InChI=1S/C10H17N3O/c1-14-10-4-2-3-9(5-10)13-7-8(11)6-12-13/h6-7,9-10H,2-5,11H2,1H3. The Balaban J connectivity index is 2.04. The molecule has 78 valence electrons. The summed E-state index contributed by atoms with van der Waals surface area (Å²) in [6, 6.07) is 0.464. The van der Waals surface area contributed by atoms with Crippen LogP contribution in [0.3, 0.4) is 0 Å². The van der Waals surface area contributed by atoms with E-state index in [0.29, 0.717) is 12.1 Å². The highest BCUT2D eigenvalue weighted by molar-refractivity contribution is 5.30. The van der Waals surface area contributed by atoms with Crippen LogP contribution in [0.15, 0.2) is 12.4 Å². The molecule has 2 N–H and O–H groups in total. The van der Waals surface area contributed by atoms with E-state index in [2.05, 4.69) is 5.10 Å². The summed E-state index contributed by atoms with van der Waals surface area (Å²) >= 11 is 0. The molecule has 1 heterocycles. The number of nitrogens with zero attached hydrogens (tertiary/aromatic N) is 2. The summed E-state index contributed by atoms with van der Waals surface area (Å²) in [4.78, 5) is 0. The molecule has 0 aromatic carbocycles. The molecule has 4 nitrogen and oxygen atoms in total. The highest BCUT2D eigenvalue weighted by atomic mass is 16.5. The molecule has 1 aliphatic rings. The molecule has 2 rings (SSSR count). The third kappa shape index (κ3) is 1.90. The van der Waals surface area contributed by atoms with Crippen molar-refractivity contribution in [2.75, 3.05) is 12.8 Å². The summed E-state index contributed by atoms with van der Waals surface area (Å²) in [5.41, 5.74) is 6.38. The number of methoxy groups -OCH3 is 1. The monoisotopic (exact) mass is 195 g/mol. The maximum Gasteiger partial charge on any atom is 0.0719 e. The minimum Gasteiger partial charge on any atom is -0.396 e. The van der Waals surface area contributed by atoms with Crippen molar-refractivity contribution in [1.82, 2.24) is 9.78 Å². The van der Waals surface area contributed by atoms with Crippen molar-refractivity contribution in [3.8, 4) is 0 Å². The summed E-state index contributed by atoms with van der Waals surface area (Å²) in [7, 11) is 1.78. The Hall–Kier alpha value is -1.03. The van der Waals surface area contributed by atoms with E-state index in [4.69, 9.17) is 10.5 Å². The molecule has 1 fully saturated rings. The maximum absolute atomic E-state index is 5.64. The number of anilines is 1. The van der Waals surface area contributed by atoms with Gasteiger partial charge in [-0.2, -0.15) is 5.10 Å². The van der Waals surface area contributed by atoms with Crippen molar-refractivity contribution in [3.05, 3.63) is 12.4 Å². The Morgan fingerprint density at radius 2 is 2.43 bits per heavy atom. The molecule has 0 spiro atoms. The molecule has 0 amide bonds. The molecule has 0 aliphatic heterocycles. The molecular formula is C10H17N3O. The predicted molar refractivity (Wildman–Crippen MR) is 54.9 cm³/mol. The number of rotatable bonds is 2. The number of aromatic nitrogens is 2. The smallest absolute Gasteiger partial charge is 0.0719 e. The van der Waals surface area contributed by atoms with Gasteiger partial charge in [0.05, 0.1) is 24.0 Å². The first kappa shape index (κ1) is 9.52. The number of ether oxygens (including phenoxy) is 1. The highest BCUT2D eigenvalue weighted by Crippen LogP contribution is 2.29. The molecule has 4 heteroatoms. The summed E-state index contributed by atoms with van der Waals surface area (Å²) < 4.78 is 7.35. The molecule has 1 aliphatic carbocycles. The largest absolute Gasteiger partial charge is 0.396 e. The molecule has 2 unspecified atom stereocenters. The lowest BCUT2D eigenvalue weighted by atomic mass is 9.93. The molecular weight excluding hydrogens is 178 g/mol. The van der Waals surface area contributed by atoms with Crippen LogP contribution in [-0.4, -0.2) is 23.0 Å². The zero-order chi connectivity index (χ0) is 9.97. The molecule has 1 aromatic heterocycles. The van der Waals surface area contributed by atoms with Crippen LogP contribution in [0, 0.1) is 0 Å². The lowest BCUT2D eigenvalue weighted by molar-refractivity contribution is 0.0508. The van der Waals surface area contributed by atoms with Crippen LogP contribution >= 0.6 is 0 Å². The number of hydrogen-bond acceptors (Lipinski definition) is 3. The second-order valence-corrected chi connectivity index (χ2v) is 3.93. The Bertz CT molecular complexity index is 297. The van der Waals surface area contributed by atoms with Crippen LogP contribution < -0.4 is 5.73 Å². The average Bonchev–Trinajstić information content (AvgIpc) is 2.65. The maximum atomic E-state index is 5.64. The van der Waals surface area contributed by atoms with Gasteiger partial charge in [-0.25, -0.2) is 0 Å². The van der Waals surface area contributed by atoms with Gasteiger partial charge in [0.15, 0.2) is 0 Å². The normalized spacial score (nSPS) is 27.8. The van der Waals surface area contributed by atoms with Gasteiger partial charge in [-0.1, -0.05) is 0 Å². The van der Waals surface area contributed by atoms with Gasteiger partial charge in [0.25, 0.3) is 0 Å². The van der Waals surface area contributed by atoms with Crippen molar-refractivity contribution >= 4 is 5.69 Å². The Labute approximate surface area is 84.0 Å². The lowest BCUT2D eigenvalue weighted by Gasteiger charge is -2.28. The third-order valence-corrected chi connectivity index (χ3v) is 2.93. The van der Waals surface area contributed by atoms with Gasteiger partial charge < -0.3 is 10.5 Å². The number of hydrogen-bond donors (Lipinski definition) is 1. The summed E-state index contributed by atoms with van der Waals surface area (Å²) in [5, 5.41) is 4.24. The van der Waals surface area contributed by atoms with Crippen LogP contribution in [0.2, 0.25) is 0 Å². The quantitative estimate of drug-likeness (QED) is 0.779. The zero-order valence-corrected chi connectivity index (χ0v) is 8.52. The van der Waals surface area contributed by atoms with Crippen molar-refractivity contribution < 1.29 is 4.74 Å². The van der Waals surface area contributed by atoms with Gasteiger partial charge in [0, 0.05) is 13.3 Å². The fourth-order valence-electron chi connectivity index (χ4n) is 2.13. The summed E-state index contributed by atoms with van der Waals surface area (Å²) in [5.74, 6) is 0. The van der Waals surface area contributed by atoms with E-state index in [1.165, 1.54) is 19.3 Å².